The van der Waals surface area contributed by atoms with Gasteiger partial charge in [-0.1, -0.05) is 24.6 Å². The lowest BCUT2D eigenvalue weighted by atomic mass is 9.99. The lowest BCUT2D eigenvalue weighted by Crippen LogP contribution is -2.43. The lowest BCUT2D eigenvalue weighted by Gasteiger charge is -2.19. The van der Waals surface area contributed by atoms with Gasteiger partial charge in [0.1, 0.15) is 5.54 Å². The molecule has 3 N–H and O–H groups in total. The standard InChI is InChI=1S/C13H16ClN3O2/c1-3-13(2)11(18)17(12(19)16-13)7-8-4-5-9(15)6-10(8)14/h4-6H,3,7,15H2,1-2H3,(H,16,19). The van der Waals surface area contributed by atoms with E-state index < -0.39 is 5.54 Å². The molecule has 0 aromatic heterocycles. The second-order valence-electron chi connectivity index (χ2n) is 4.86. The zero-order chi connectivity index (χ0) is 14.2. The Bertz CT molecular complexity index is 547. The van der Waals surface area contributed by atoms with E-state index >= 15 is 0 Å². The number of nitrogen functional groups attached to an aromatic ring is 1. The van der Waals surface area contributed by atoms with E-state index in [0.717, 1.165) is 0 Å². The van der Waals surface area contributed by atoms with Crippen LogP contribution in [0.5, 0.6) is 0 Å². The zero-order valence-corrected chi connectivity index (χ0v) is 11.6. The molecule has 0 spiro atoms. The molecule has 1 atom stereocenters. The normalized spacial score (nSPS) is 22.8. The Morgan fingerprint density at radius 3 is 2.63 bits per heavy atom. The fraction of sp³-hybridized carbons (Fsp3) is 0.385. The highest BCUT2D eigenvalue weighted by Gasteiger charge is 2.46. The first-order valence-electron chi connectivity index (χ1n) is 6.05. The molecule has 2 rings (SSSR count). The number of nitrogens with one attached hydrogen (secondary N) is 1. The topological polar surface area (TPSA) is 75.4 Å². The summed E-state index contributed by atoms with van der Waals surface area (Å²) in [5, 5.41) is 3.15. The van der Waals surface area contributed by atoms with Gasteiger partial charge in [0, 0.05) is 10.7 Å². The van der Waals surface area contributed by atoms with E-state index in [9.17, 15) is 9.59 Å². The van der Waals surface area contributed by atoms with Gasteiger partial charge in [0.05, 0.1) is 6.54 Å². The maximum absolute atomic E-state index is 12.2. The summed E-state index contributed by atoms with van der Waals surface area (Å²) in [5.41, 5.74) is 6.03. The molecule has 3 amide bonds. The molecular formula is C13H16ClN3O2. The maximum Gasteiger partial charge on any atom is 0.325 e. The van der Waals surface area contributed by atoms with E-state index in [1.807, 2.05) is 6.92 Å². The number of benzene rings is 1. The van der Waals surface area contributed by atoms with Gasteiger partial charge in [-0.25, -0.2) is 4.79 Å². The van der Waals surface area contributed by atoms with Crippen molar-refractivity contribution in [1.29, 1.82) is 0 Å². The predicted molar refractivity (Wildman–Crippen MR) is 73.6 cm³/mol. The van der Waals surface area contributed by atoms with Crippen molar-refractivity contribution in [3.05, 3.63) is 28.8 Å². The first-order chi connectivity index (χ1) is 8.87. The molecule has 0 radical (unpaired) electrons. The Morgan fingerprint density at radius 2 is 2.11 bits per heavy atom. The summed E-state index contributed by atoms with van der Waals surface area (Å²) in [5.74, 6) is -0.229. The number of amides is 3. The smallest absolute Gasteiger partial charge is 0.325 e. The molecule has 1 aliphatic rings. The predicted octanol–water partition coefficient (Wildman–Crippen LogP) is 2.14. The highest BCUT2D eigenvalue weighted by Crippen LogP contribution is 2.26. The lowest BCUT2D eigenvalue weighted by molar-refractivity contribution is -0.131. The number of carbonyl (C=O) groups is 2. The number of hydrogen-bond donors (Lipinski definition) is 2. The van der Waals surface area contributed by atoms with Gasteiger partial charge in [0.25, 0.3) is 5.91 Å². The van der Waals surface area contributed by atoms with Crippen LogP contribution in [0.3, 0.4) is 0 Å². The Labute approximate surface area is 116 Å². The van der Waals surface area contributed by atoms with Gasteiger partial charge >= 0.3 is 6.03 Å². The maximum atomic E-state index is 12.2. The Balaban J connectivity index is 2.24. The van der Waals surface area contributed by atoms with Gasteiger partial charge in [-0.2, -0.15) is 0 Å². The summed E-state index contributed by atoms with van der Waals surface area (Å²) in [4.78, 5) is 25.3. The molecule has 0 saturated carbocycles. The van der Waals surface area contributed by atoms with Crippen LogP contribution in [-0.4, -0.2) is 22.4 Å². The monoisotopic (exact) mass is 281 g/mol. The third-order valence-electron chi connectivity index (χ3n) is 3.46. The summed E-state index contributed by atoms with van der Waals surface area (Å²) in [6, 6.07) is 4.63. The van der Waals surface area contributed by atoms with E-state index in [4.69, 9.17) is 17.3 Å². The first-order valence-corrected chi connectivity index (χ1v) is 6.43. The molecule has 1 unspecified atom stereocenters. The van der Waals surface area contributed by atoms with Crippen molar-refractivity contribution < 1.29 is 9.59 Å². The van der Waals surface area contributed by atoms with Crippen LogP contribution in [0, 0.1) is 0 Å². The van der Waals surface area contributed by atoms with Gasteiger partial charge in [-0.05, 0) is 31.0 Å². The van der Waals surface area contributed by atoms with Crippen molar-refractivity contribution >= 4 is 29.2 Å². The van der Waals surface area contributed by atoms with Gasteiger partial charge in [0.2, 0.25) is 0 Å². The van der Waals surface area contributed by atoms with Crippen molar-refractivity contribution in [2.75, 3.05) is 5.73 Å². The van der Waals surface area contributed by atoms with Crippen molar-refractivity contribution in [2.24, 2.45) is 0 Å². The average molecular weight is 282 g/mol. The minimum atomic E-state index is -0.822. The summed E-state index contributed by atoms with van der Waals surface area (Å²) >= 11 is 6.06. The largest absolute Gasteiger partial charge is 0.399 e. The quantitative estimate of drug-likeness (QED) is 0.658. The molecule has 1 aliphatic heterocycles. The fourth-order valence-electron chi connectivity index (χ4n) is 1.99. The molecule has 1 fully saturated rings. The van der Waals surface area contributed by atoms with Gasteiger partial charge < -0.3 is 11.1 Å². The molecule has 19 heavy (non-hydrogen) atoms. The van der Waals surface area contributed by atoms with Crippen LogP contribution in [0.4, 0.5) is 10.5 Å². The van der Waals surface area contributed by atoms with Crippen molar-refractivity contribution in [2.45, 2.75) is 32.4 Å². The van der Waals surface area contributed by atoms with Crippen LogP contribution in [0.1, 0.15) is 25.8 Å². The van der Waals surface area contributed by atoms with Crippen molar-refractivity contribution in [3.8, 4) is 0 Å². The molecule has 5 nitrogen and oxygen atoms in total. The highest BCUT2D eigenvalue weighted by molar-refractivity contribution is 6.31. The van der Waals surface area contributed by atoms with Crippen LogP contribution >= 0.6 is 11.6 Å². The first kappa shape index (κ1) is 13.7. The number of halogens is 1. The molecule has 1 saturated heterocycles. The summed E-state index contributed by atoms with van der Waals surface area (Å²) in [6.07, 6.45) is 0.545. The molecule has 1 aromatic rings. The number of hydrogen-bond acceptors (Lipinski definition) is 3. The summed E-state index contributed by atoms with van der Waals surface area (Å²) in [7, 11) is 0. The van der Waals surface area contributed by atoms with Gasteiger partial charge in [-0.3, -0.25) is 9.69 Å². The van der Waals surface area contributed by atoms with Crippen LogP contribution in [0.15, 0.2) is 18.2 Å². The van der Waals surface area contributed by atoms with Gasteiger partial charge in [-0.15, -0.1) is 0 Å². The Hall–Kier alpha value is -1.75. The number of rotatable bonds is 3. The second-order valence-corrected chi connectivity index (χ2v) is 5.27. The average Bonchev–Trinajstić information content (AvgIpc) is 2.56. The molecule has 1 heterocycles. The van der Waals surface area contributed by atoms with Crippen molar-refractivity contribution in [1.82, 2.24) is 10.2 Å². The highest BCUT2D eigenvalue weighted by atomic mass is 35.5. The number of urea groups is 1. The van der Waals surface area contributed by atoms with E-state index in [-0.39, 0.29) is 18.5 Å². The minimum Gasteiger partial charge on any atom is -0.399 e. The Kier molecular flexibility index (Phi) is 3.41. The molecule has 6 heteroatoms. The van der Waals surface area contributed by atoms with E-state index in [2.05, 4.69) is 5.32 Å². The third-order valence-corrected chi connectivity index (χ3v) is 3.81. The third kappa shape index (κ3) is 2.38. The SMILES string of the molecule is CCC1(C)NC(=O)N(Cc2ccc(N)cc2Cl)C1=O. The summed E-state index contributed by atoms with van der Waals surface area (Å²) < 4.78 is 0. The second kappa shape index (κ2) is 4.74. The van der Waals surface area contributed by atoms with Crippen LogP contribution in [0.2, 0.25) is 5.02 Å². The van der Waals surface area contributed by atoms with E-state index in [1.54, 1.807) is 25.1 Å². The molecule has 0 bridgehead atoms. The number of imide groups is 1. The van der Waals surface area contributed by atoms with E-state index in [0.29, 0.717) is 22.7 Å². The van der Waals surface area contributed by atoms with E-state index in [1.165, 1.54) is 4.90 Å². The molecule has 102 valence electrons. The van der Waals surface area contributed by atoms with Crippen LogP contribution in [-0.2, 0) is 11.3 Å². The fourth-order valence-corrected chi connectivity index (χ4v) is 2.24. The summed E-state index contributed by atoms with van der Waals surface area (Å²) in [6.45, 7) is 3.73. The number of anilines is 1. The molecule has 1 aromatic carbocycles. The number of carbonyl (C=O) groups excluding carboxylic acids is 2. The van der Waals surface area contributed by atoms with Gasteiger partial charge in [0.15, 0.2) is 0 Å². The van der Waals surface area contributed by atoms with Crippen LogP contribution in [0.25, 0.3) is 0 Å². The van der Waals surface area contributed by atoms with Crippen LogP contribution < -0.4 is 11.1 Å². The Morgan fingerprint density at radius 1 is 1.42 bits per heavy atom. The molecule has 0 aliphatic carbocycles. The number of nitrogens with zero attached hydrogens (tertiary/aromatic N) is 1. The number of nitrogens with two attached hydrogens (primary N) is 1. The minimum absolute atomic E-state index is 0.152. The van der Waals surface area contributed by atoms with Crippen molar-refractivity contribution in [3.63, 3.8) is 0 Å². The zero-order valence-electron chi connectivity index (χ0n) is 10.9. The molecular weight excluding hydrogens is 266 g/mol.